The van der Waals surface area contributed by atoms with Crippen LogP contribution in [0.4, 0.5) is 4.39 Å². The molecule has 0 aromatic heterocycles. The molecule has 0 spiro atoms. The van der Waals surface area contributed by atoms with Gasteiger partial charge >= 0.3 is 0 Å². The summed E-state index contributed by atoms with van der Waals surface area (Å²) in [6.45, 7) is 3.83. The molecule has 5 heteroatoms. The lowest BCUT2D eigenvalue weighted by Crippen LogP contribution is -2.42. The summed E-state index contributed by atoms with van der Waals surface area (Å²) in [5.41, 5.74) is 6.18. The molecule has 1 aliphatic rings. The quantitative estimate of drug-likeness (QED) is 0.908. The van der Waals surface area contributed by atoms with E-state index in [9.17, 15) is 9.18 Å². The first-order valence-electron chi connectivity index (χ1n) is 6.90. The Bertz CT molecular complexity index is 482. The van der Waals surface area contributed by atoms with Gasteiger partial charge in [0.1, 0.15) is 5.82 Å². The summed E-state index contributed by atoms with van der Waals surface area (Å²) < 4.78 is 13.9. The van der Waals surface area contributed by atoms with Gasteiger partial charge in [-0.15, -0.1) is 0 Å². The zero-order chi connectivity index (χ0) is 14.9. The summed E-state index contributed by atoms with van der Waals surface area (Å²) in [6.07, 6.45) is 1.92. The zero-order valence-corrected chi connectivity index (χ0v) is 12.5. The van der Waals surface area contributed by atoms with Crippen LogP contribution in [-0.4, -0.2) is 22.9 Å². The van der Waals surface area contributed by atoms with E-state index in [1.54, 1.807) is 17.0 Å². The summed E-state index contributed by atoms with van der Waals surface area (Å²) in [4.78, 5) is 14.2. The normalized spacial score (nSPS) is 17.6. The second-order valence-corrected chi connectivity index (χ2v) is 5.95. The van der Waals surface area contributed by atoms with Crippen molar-refractivity contribution in [1.29, 1.82) is 0 Å². The fraction of sp³-hybridized carbons (Fsp3) is 0.533. The molecule has 0 heterocycles. The highest BCUT2D eigenvalue weighted by molar-refractivity contribution is 6.31. The van der Waals surface area contributed by atoms with Crippen molar-refractivity contribution in [1.82, 2.24) is 4.90 Å². The molecule has 0 aliphatic heterocycles. The Labute approximate surface area is 123 Å². The Morgan fingerprint density at radius 1 is 1.50 bits per heavy atom. The highest BCUT2D eigenvalue weighted by Crippen LogP contribution is 2.32. The molecule has 1 amide bonds. The largest absolute Gasteiger partial charge is 0.335 e. The molecule has 0 saturated heterocycles. The third kappa shape index (κ3) is 3.30. The number of carbonyl (C=O) groups excluding carboxylic acids is 1. The summed E-state index contributed by atoms with van der Waals surface area (Å²) in [5.74, 6) is -0.674. The Morgan fingerprint density at radius 2 is 2.15 bits per heavy atom. The van der Waals surface area contributed by atoms with Crippen LogP contribution < -0.4 is 5.73 Å². The van der Waals surface area contributed by atoms with Crippen molar-refractivity contribution < 1.29 is 9.18 Å². The van der Waals surface area contributed by atoms with E-state index in [0.717, 1.165) is 12.8 Å². The highest BCUT2D eigenvalue weighted by Gasteiger charge is 2.36. The van der Waals surface area contributed by atoms with E-state index in [1.807, 2.05) is 13.8 Å². The van der Waals surface area contributed by atoms with Gasteiger partial charge in [-0.25, -0.2) is 4.39 Å². The average Bonchev–Trinajstić information content (AvgIpc) is 3.21. The average molecular weight is 299 g/mol. The van der Waals surface area contributed by atoms with Crippen molar-refractivity contribution in [3.8, 4) is 0 Å². The monoisotopic (exact) mass is 298 g/mol. The molecule has 0 bridgehead atoms. The maximum atomic E-state index is 13.9. The van der Waals surface area contributed by atoms with E-state index >= 15 is 0 Å². The molecule has 2 N–H and O–H groups in total. The molecule has 110 valence electrons. The Balaban J connectivity index is 2.20. The van der Waals surface area contributed by atoms with Gasteiger partial charge in [0.05, 0.1) is 12.5 Å². The molecule has 20 heavy (non-hydrogen) atoms. The molecule has 3 nitrogen and oxygen atoms in total. The van der Waals surface area contributed by atoms with Crippen LogP contribution in [0, 0.1) is 11.7 Å². The third-order valence-electron chi connectivity index (χ3n) is 3.84. The van der Waals surface area contributed by atoms with Crippen LogP contribution in [-0.2, 0) is 11.3 Å². The first-order valence-corrected chi connectivity index (χ1v) is 7.28. The van der Waals surface area contributed by atoms with E-state index in [4.69, 9.17) is 17.3 Å². The molecular weight excluding hydrogens is 279 g/mol. The van der Waals surface area contributed by atoms with Gasteiger partial charge in [0.15, 0.2) is 0 Å². The molecule has 2 unspecified atom stereocenters. The van der Waals surface area contributed by atoms with Gasteiger partial charge in [0, 0.05) is 22.7 Å². The number of halogens is 2. The fourth-order valence-corrected chi connectivity index (χ4v) is 2.34. The van der Waals surface area contributed by atoms with Crippen LogP contribution in [0.1, 0.15) is 32.3 Å². The van der Waals surface area contributed by atoms with Crippen LogP contribution in [0.5, 0.6) is 0 Å². The Morgan fingerprint density at radius 3 is 2.65 bits per heavy atom. The molecule has 1 aliphatic carbocycles. The van der Waals surface area contributed by atoms with Crippen LogP contribution in [0.2, 0.25) is 5.02 Å². The lowest BCUT2D eigenvalue weighted by molar-refractivity contribution is -0.136. The fourth-order valence-electron chi connectivity index (χ4n) is 2.11. The van der Waals surface area contributed by atoms with Crippen LogP contribution in [0.15, 0.2) is 18.2 Å². The Hall–Kier alpha value is -1.13. The Kier molecular flexibility index (Phi) is 4.66. The SMILES string of the molecule is CC(N)C(C)C(=O)N(Cc1c(F)cccc1Cl)C1CC1. The zero-order valence-electron chi connectivity index (χ0n) is 11.8. The lowest BCUT2D eigenvalue weighted by atomic mass is 10.0. The minimum Gasteiger partial charge on any atom is -0.335 e. The molecule has 1 saturated carbocycles. The van der Waals surface area contributed by atoms with Crippen LogP contribution in [0.3, 0.4) is 0 Å². The second kappa shape index (κ2) is 6.10. The van der Waals surface area contributed by atoms with Crippen molar-refractivity contribution in [3.63, 3.8) is 0 Å². The van der Waals surface area contributed by atoms with Crippen molar-refractivity contribution in [2.45, 2.75) is 45.3 Å². The summed E-state index contributed by atoms with van der Waals surface area (Å²) in [7, 11) is 0. The van der Waals surface area contributed by atoms with Gasteiger partial charge in [-0.3, -0.25) is 4.79 Å². The van der Waals surface area contributed by atoms with Crippen LogP contribution >= 0.6 is 11.6 Å². The number of rotatable bonds is 5. The standard InChI is InChI=1S/C15H20ClFN2O/c1-9(10(2)18)15(20)19(11-6-7-11)8-12-13(16)4-3-5-14(12)17/h3-5,9-11H,6-8,18H2,1-2H3. The van der Waals surface area contributed by atoms with Gasteiger partial charge in [-0.05, 0) is 31.9 Å². The topological polar surface area (TPSA) is 46.3 Å². The molecule has 1 fully saturated rings. The number of hydrogen-bond donors (Lipinski definition) is 1. The molecular formula is C15H20ClFN2O. The third-order valence-corrected chi connectivity index (χ3v) is 4.19. The van der Waals surface area contributed by atoms with E-state index in [-0.39, 0.29) is 36.3 Å². The molecule has 0 radical (unpaired) electrons. The van der Waals surface area contributed by atoms with Crippen molar-refractivity contribution in [2.24, 2.45) is 11.7 Å². The van der Waals surface area contributed by atoms with E-state index in [0.29, 0.717) is 10.6 Å². The van der Waals surface area contributed by atoms with E-state index in [2.05, 4.69) is 0 Å². The van der Waals surface area contributed by atoms with Gasteiger partial charge in [0.2, 0.25) is 5.91 Å². The number of carbonyl (C=O) groups is 1. The number of benzene rings is 1. The number of nitrogens with two attached hydrogens (primary N) is 1. The molecule has 1 aromatic carbocycles. The number of nitrogens with zero attached hydrogens (tertiary/aromatic N) is 1. The van der Waals surface area contributed by atoms with Gasteiger partial charge < -0.3 is 10.6 Å². The van der Waals surface area contributed by atoms with Crippen molar-refractivity contribution in [3.05, 3.63) is 34.6 Å². The minimum atomic E-state index is -0.371. The smallest absolute Gasteiger partial charge is 0.227 e. The molecule has 1 aromatic rings. The maximum absolute atomic E-state index is 13.9. The number of amides is 1. The lowest BCUT2D eigenvalue weighted by Gasteiger charge is -2.28. The van der Waals surface area contributed by atoms with Crippen molar-refractivity contribution >= 4 is 17.5 Å². The predicted octanol–water partition coefficient (Wildman–Crippen LogP) is 2.95. The molecule has 2 rings (SSSR count). The summed E-state index contributed by atoms with van der Waals surface area (Å²) >= 11 is 6.04. The maximum Gasteiger partial charge on any atom is 0.227 e. The summed E-state index contributed by atoms with van der Waals surface area (Å²) in [5, 5.41) is 0.358. The first-order chi connectivity index (χ1) is 9.41. The molecule has 2 atom stereocenters. The minimum absolute atomic E-state index is 0.0261. The first kappa shape index (κ1) is 15.3. The summed E-state index contributed by atoms with van der Waals surface area (Å²) in [6, 6.07) is 4.55. The van der Waals surface area contributed by atoms with E-state index < -0.39 is 0 Å². The second-order valence-electron chi connectivity index (χ2n) is 5.55. The highest BCUT2D eigenvalue weighted by atomic mass is 35.5. The van der Waals surface area contributed by atoms with Gasteiger partial charge in [-0.2, -0.15) is 0 Å². The van der Waals surface area contributed by atoms with Crippen LogP contribution in [0.25, 0.3) is 0 Å². The predicted molar refractivity (Wildman–Crippen MR) is 77.8 cm³/mol. The number of hydrogen-bond acceptors (Lipinski definition) is 2. The van der Waals surface area contributed by atoms with Gasteiger partial charge in [0.25, 0.3) is 0 Å². The van der Waals surface area contributed by atoms with Crippen molar-refractivity contribution in [2.75, 3.05) is 0 Å². The van der Waals surface area contributed by atoms with Gasteiger partial charge in [-0.1, -0.05) is 24.6 Å². The van der Waals surface area contributed by atoms with E-state index in [1.165, 1.54) is 6.07 Å².